The predicted octanol–water partition coefficient (Wildman–Crippen LogP) is 4.46. The standard InChI is InChI=1S/C17H26BrNO2/c1-3-9-19-13(2)14-7-8-17(16(18)11-14)21-12-15-6-4-5-10-20-15/h7-8,11,13,15,19H,3-6,9-10,12H2,1-2H3. The molecule has 3 nitrogen and oxygen atoms in total. The van der Waals surface area contributed by atoms with Crippen LogP contribution < -0.4 is 10.1 Å². The number of ether oxygens (including phenoxy) is 2. The number of rotatable bonds is 7. The summed E-state index contributed by atoms with van der Waals surface area (Å²) in [6.45, 7) is 6.92. The van der Waals surface area contributed by atoms with Crippen molar-refractivity contribution in [1.82, 2.24) is 5.32 Å². The van der Waals surface area contributed by atoms with Crippen LogP contribution in [0.3, 0.4) is 0 Å². The van der Waals surface area contributed by atoms with E-state index in [1.807, 2.05) is 6.07 Å². The lowest BCUT2D eigenvalue weighted by Crippen LogP contribution is -2.25. The molecule has 2 rings (SSSR count). The minimum Gasteiger partial charge on any atom is -0.490 e. The van der Waals surface area contributed by atoms with Crippen molar-refractivity contribution in [3.05, 3.63) is 28.2 Å². The molecule has 1 aliphatic rings. The van der Waals surface area contributed by atoms with Gasteiger partial charge in [0.25, 0.3) is 0 Å². The number of benzene rings is 1. The Morgan fingerprint density at radius 3 is 2.95 bits per heavy atom. The molecule has 1 aliphatic heterocycles. The molecule has 1 saturated heterocycles. The van der Waals surface area contributed by atoms with E-state index in [2.05, 4.69) is 47.2 Å². The van der Waals surface area contributed by atoms with Crippen molar-refractivity contribution in [2.24, 2.45) is 0 Å². The summed E-state index contributed by atoms with van der Waals surface area (Å²) in [4.78, 5) is 0. The fourth-order valence-electron chi connectivity index (χ4n) is 2.50. The van der Waals surface area contributed by atoms with Gasteiger partial charge in [-0.05, 0) is 72.8 Å². The fourth-order valence-corrected chi connectivity index (χ4v) is 3.01. The van der Waals surface area contributed by atoms with E-state index in [1.165, 1.54) is 18.4 Å². The van der Waals surface area contributed by atoms with Crippen LogP contribution >= 0.6 is 15.9 Å². The van der Waals surface area contributed by atoms with Gasteiger partial charge in [-0.15, -0.1) is 0 Å². The Balaban J connectivity index is 1.89. The molecule has 1 aromatic rings. The van der Waals surface area contributed by atoms with E-state index in [-0.39, 0.29) is 6.10 Å². The molecule has 0 aliphatic carbocycles. The Hall–Kier alpha value is -0.580. The first-order chi connectivity index (χ1) is 10.2. The first kappa shape index (κ1) is 16.8. The number of halogens is 1. The Kier molecular flexibility index (Phi) is 7.00. The van der Waals surface area contributed by atoms with Crippen molar-refractivity contribution in [2.75, 3.05) is 19.8 Å². The molecule has 21 heavy (non-hydrogen) atoms. The Morgan fingerprint density at radius 2 is 2.29 bits per heavy atom. The first-order valence-corrected chi connectivity index (χ1v) is 8.77. The highest BCUT2D eigenvalue weighted by Crippen LogP contribution is 2.29. The molecule has 2 atom stereocenters. The molecule has 1 fully saturated rings. The molecule has 0 bridgehead atoms. The minimum atomic E-state index is 0.246. The smallest absolute Gasteiger partial charge is 0.133 e. The maximum Gasteiger partial charge on any atom is 0.133 e. The third-order valence-electron chi connectivity index (χ3n) is 3.86. The molecule has 1 N–H and O–H groups in total. The highest BCUT2D eigenvalue weighted by Gasteiger charge is 2.15. The molecule has 4 heteroatoms. The zero-order valence-corrected chi connectivity index (χ0v) is 14.6. The van der Waals surface area contributed by atoms with Crippen molar-refractivity contribution in [2.45, 2.75) is 51.7 Å². The van der Waals surface area contributed by atoms with E-state index in [0.717, 1.165) is 36.2 Å². The van der Waals surface area contributed by atoms with E-state index in [9.17, 15) is 0 Å². The van der Waals surface area contributed by atoms with Crippen molar-refractivity contribution in [1.29, 1.82) is 0 Å². The third kappa shape index (κ3) is 5.28. The van der Waals surface area contributed by atoms with Crippen molar-refractivity contribution in [3.8, 4) is 5.75 Å². The second kappa shape index (κ2) is 8.76. The highest BCUT2D eigenvalue weighted by molar-refractivity contribution is 9.10. The van der Waals surface area contributed by atoms with Crippen LogP contribution in [0.2, 0.25) is 0 Å². The van der Waals surface area contributed by atoms with Crippen LogP contribution in [0.5, 0.6) is 5.75 Å². The van der Waals surface area contributed by atoms with Crippen LogP contribution in [0.1, 0.15) is 51.1 Å². The van der Waals surface area contributed by atoms with Crippen molar-refractivity contribution in [3.63, 3.8) is 0 Å². The van der Waals surface area contributed by atoms with Gasteiger partial charge in [0, 0.05) is 12.6 Å². The molecule has 118 valence electrons. The largest absolute Gasteiger partial charge is 0.490 e. The molecule has 1 aromatic carbocycles. The molecular weight excluding hydrogens is 330 g/mol. The normalized spacial score (nSPS) is 20.2. The van der Waals surface area contributed by atoms with E-state index in [1.54, 1.807) is 0 Å². The van der Waals surface area contributed by atoms with Gasteiger partial charge < -0.3 is 14.8 Å². The predicted molar refractivity (Wildman–Crippen MR) is 89.9 cm³/mol. The van der Waals surface area contributed by atoms with Gasteiger partial charge in [0.05, 0.1) is 10.6 Å². The topological polar surface area (TPSA) is 30.5 Å². The van der Waals surface area contributed by atoms with Gasteiger partial charge in [0.15, 0.2) is 0 Å². The summed E-state index contributed by atoms with van der Waals surface area (Å²) in [7, 11) is 0. The van der Waals surface area contributed by atoms with Crippen LogP contribution in [-0.4, -0.2) is 25.9 Å². The number of hydrogen-bond acceptors (Lipinski definition) is 3. The maximum atomic E-state index is 5.90. The van der Waals surface area contributed by atoms with Gasteiger partial charge in [-0.1, -0.05) is 13.0 Å². The number of hydrogen-bond donors (Lipinski definition) is 1. The van der Waals surface area contributed by atoms with Crippen LogP contribution in [-0.2, 0) is 4.74 Å². The molecule has 1 heterocycles. The van der Waals surface area contributed by atoms with Gasteiger partial charge >= 0.3 is 0 Å². The van der Waals surface area contributed by atoms with Crippen LogP contribution in [0, 0.1) is 0 Å². The average molecular weight is 356 g/mol. The SMILES string of the molecule is CCCNC(C)c1ccc(OCC2CCCCO2)c(Br)c1. The summed E-state index contributed by atoms with van der Waals surface area (Å²) in [6, 6.07) is 6.68. The Morgan fingerprint density at radius 1 is 1.43 bits per heavy atom. The summed E-state index contributed by atoms with van der Waals surface area (Å²) >= 11 is 3.62. The van der Waals surface area contributed by atoms with Crippen LogP contribution in [0.25, 0.3) is 0 Å². The summed E-state index contributed by atoms with van der Waals surface area (Å²) in [5.74, 6) is 0.899. The lowest BCUT2D eigenvalue weighted by Gasteiger charge is -2.23. The van der Waals surface area contributed by atoms with Gasteiger partial charge in [0.1, 0.15) is 12.4 Å². The van der Waals surface area contributed by atoms with Crippen molar-refractivity contribution >= 4 is 15.9 Å². The van der Waals surface area contributed by atoms with Gasteiger partial charge in [-0.2, -0.15) is 0 Å². The maximum absolute atomic E-state index is 5.90. The number of nitrogens with one attached hydrogen (secondary N) is 1. The first-order valence-electron chi connectivity index (χ1n) is 7.98. The molecule has 0 radical (unpaired) electrons. The van der Waals surface area contributed by atoms with E-state index >= 15 is 0 Å². The van der Waals surface area contributed by atoms with E-state index in [4.69, 9.17) is 9.47 Å². The van der Waals surface area contributed by atoms with Gasteiger partial charge in [-0.3, -0.25) is 0 Å². The molecule has 0 aromatic heterocycles. The summed E-state index contributed by atoms with van der Waals surface area (Å²) in [5.41, 5.74) is 1.27. The average Bonchev–Trinajstić information content (AvgIpc) is 2.52. The van der Waals surface area contributed by atoms with E-state index < -0.39 is 0 Å². The van der Waals surface area contributed by atoms with E-state index in [0.29, 0.717) is 12.6 Å². The zero-order chi connectivity index (χ0) is 15.1. The van der Waals surface area contributed by atoms with Crippen LogP contribution in [0.15, 0.2) is 22.7 Å². The summed E-state index contributed by atoms with van der Waals surface area (Å²) in [5, 5.41) is 3.50. The zero-order valence-electron chi connectivity index (χ0n) is 13.0. The van der Waals surface area contributed by atoms with Gasteiger partial charge in [0.2, 0.25) is 0 Å². The molecule has 0 amide bonds. The Labute approximate surface area is 136 Å². The lowest BCUT2D eigenvalue weighted by atomic mass is 10.1. The highest BCUT2D eigenvalue weighted by atomic mass is 79.9. The quantitative estimate of drug-likeness (QED) is 0.783. The second-order valence-corrected chi connectivity index (χ2v) is 6.52. The third-order valence-corrected chi connectivity index (χ3v) is 4.47. The van der Waals surface area contributed by atoms with Crippen molar-refractivity contribution < 1.29 is 9.47 Å². The molecule has 0 spiro atoms. The fraction of sp³-hybridized carbons (Fsp3) is 0.647. The lowest BCUT2D eigenvalue weighted by molar-refractivity contribution is -0.0112. The minimum absolute atomic E-state index is 0.246. The summed E-state index contributed by atoms with van der Waals surface area (Å²) in [6.07, 6.45) is 4.92. The molecule has 2 unspecified atom stereocenters. The van der Waals surface area contributed by atoms with Crippen LogP contribution in [0.4, 0.5) is 0 Å². The monoisotopic (exact) mass is 355 g/mol. The summed E-state index contributed by atoms with van der Waals surface area (Å²) < 4.78 is 12.6. The Bertz CT molecular complexity index is 433. The molecule has 0 saturated carbocycles. The second-order valence-electron chi connectivity index (χ2n) is 5.67. The van der Waals surface area contributed by atoms with Gasteiger partial charge in [-0.25, -0.2) is 0 Å². The molecular formula is C17H26BrNO2.